The van der Waals surface area contributed by atoms with Gasteiger partial charge in [-0.2, -0.15) is 0 Å². The molecule has 3 atom stereocenters. The van der Waals surface area contributed by atoms with Crippen LogP contribution < -0.4 is 4.74 Å². The van der Waals surface area contributed by atoms with Crippen molar-refractivity contribution < 1.29 is 4.74 Å². The highest BCUT2D eigenvalue weighted by Crippen LogP contribution is 2.38. The molecule has 1 aliphatic carbocycles. The van der Waals surface area contributed by atoms with E-state index in [1.807, 2.05) is 6.07 Å². The molecule has 106 valence electrons. The molecule has 2 rings (SSSR count). The fraction of sp³-hybridized carbons (Fsp3) is 0.647. The summed E-state index contributed by atoms with van der Waals surface area (Å²) in [5, 5.41) is 0.334. The number of benzene rings is 1. The number of ether oxygens (including phenoxy) is 1. The minimum absolute atomic E-state index is 0.334. The molecule has 0 radical (unpaired) electrons. The van der Waals surface area contributed by atoms with E-state index >= 15 is 0 Å². The molecule has 1 fully saturated rings. The van der Waals surface area contributed by atoms with Crippen molar-refractivity contribution in [1.82, 2.24) is 0 Å². The number of halogens is 1. The van der Waals surface area contributed by atoms with Crippen LogP contribution >= 0.6 is 11.6 Å². The van der Waals surface area contributed by atoms with Crippen LogP contribution in [0.5, 0.6) is 5.75 Å². The molecule has 2 heteroatoms. The molecular weight excluding hydrogens is 256 g/mol. The third-order valence-electron chi connectivity index (χ3n) is 4.51. The first-order valence-corrected chi connectivity index (χ1v) is 7.80. The van der Waals surface area contributed by atoms with Gasteiger partial charge in [-0.1, -0.05) is 26.0 Å². The predicted octanol–water partition coefficient (Wildman–Crippen LogP) is 4.92. The Hall–Kier alpha value is -0.690. The predicted molar refractivity (Wildman–Crippen MR) is 82.0 cm³/mol. The van der Waals surface area contributed by atoms with Gasteiger partial charge in [-0.05, 0) is 61.1 Å². The summed E-state index contributed by atoms with van der Waals surface area (Å²) in [6.45, 7) is 4.67. The number of rotatable bonds is 4. The number of methoxy groups -OCH3 is 1. The second-order valence-corrected chi connectivity index (χ2v) is 6.71. The summed E-state index contributed by atoms with van der Waals surface area (Å²) in [7, 11) is 1.72. The van der Waals surface area contributed by atoms with Crippen molar-refractivity contribution in [2.75, 3.05) is 7.11 Å². The van der Waals surface area contributed by atoms with E-state index in [9.17, 15) is 0 Å². The Morgan fingerprint density at radius 2 is 2.11 bits per heavy atom. The van der Waals surface area contributed by atoms with Gasteiger partial charge < -0.3 is 4.74 Å². The van der Waals surface area contributed by atoms with E-state index in [0.29, 0.717) is 11.3 Å². The maximum Gasteiger partial charge on any atom is 0.119 e. The summed E-state index contributed by atoms with van der Waals surface area (Å²) in [5.74, 6) is 3.16. The molecule has 0 bridgehead atoms. The fourth-order valence-corrected chi connectivity index (χ4v) is 3.50. The van der Waals surface area contributed by atoms with Gasteiger partial charge in [-0.15, -0.1) is 11.6 Å². The lowest BCUT2D eigenvalue weighted by molar-refractivity contribution is 0.218. The van der Waals surface area contributed by atoms with Crippen molar-refractivity contribution in [3.05, 3.63) is 29.8 Å². The lowest BCUT2D eigenvalue weighted by atomic mass is 9.74. The molecule has 0 heterocycles. The highest BCUT2D eigenvalue weighted by molar-refractivity contribution is 6.20. The summed E-state index contributed by atoms with van der Waals surface area (Å²) in [6, 6.07) is 8.40. The van der Waals surface area contributed by atoms with E-state index < -0.39 is 0 Å². The van der Waals surface area contributed by atoms with Crippen LogP contribution in [0, 0.1) is 17.8 Å². The van der Waals surface area contributed by atoms with E-state index in [-0.39, 0.29) is 0 Å². The zero-order valence-corrected chi connectivity index (χ0v) is 13.0. The summed E-state index contributed by atoms with van der Waals surface area (Å²) in [4.78, 5) is 0. The third kappa shape index (κ3) is 3.89. The van der Waals surface area contributed by atoms with E-state index in [0.717, 1.165) is 24.0 Å². The first kappa shape index (κ1) is 14.7. The highest BCUT2D eigenvalue weighted by Gasteiger charge is 2.30. The molecule has 19 heavy (non-hydrogen) atoms. The Balaban J connectivity index is 2.03. The van der Waals surface area contributed by atoms with Gasteiger partial charge in [0.05, 0.1) is 7.11 Å². The van der Waals surface area contributed by atoms with Crippen LogP contribution in [0.3, 0.4) is 0 Å². The van der Waals surface area contributed by atoms with Gasteiger partial charge in [-0.25, -0.2) is 0 Å². The monoisotopic (exact) mass is 280 g/mol. The lowest BCUT2D eigenvalue weighted by Gasteiger charge is -2.35. The Morgan fingerprint density at radius 3 is 2.79 bits per heavy atom. The Bertz CT molecular complexity index is 402. The van der Waals surface area contributed by atoms with Gasteiger partial charge in [0.25, 0.3) is 0 Å². The van der Waals surface area contributed by atoms with Crippen molar-refractivity contribution in [2.24, 2.45) is 17.8 Å². The summed E-state index contributed by atoms with van der Waals surface area (Å²) in [5.41, 5.74) is 1.35. The van der Waals surface area contributed by atoms with Crippen LogP contribution in [0.2, 0.25) is 0 Å². The maximum atomic E-state index is 6.54. The van der Waals surface area contributed by atoms with Gasteiger partial charge in [0.1, 0.15) is 5.75 Å². The summed E-state index contributed by atoms with van der Waals surface area (Å²) >= 11 is 6.54. The quantitative estimate of drug-likeness (QED) is 0.712. The van der Waals surface area contributed by atoms with Crippen LogP contribution in [-0.2, 0) is 6.42 Å². The molecule has 0 N–H and O–H groups in total. The molecule has 0 spiro atoms. The van der Waals surface area contributed by atoms with Gasteiger partial charge >= 0.3 is 0 Å². The molecule has 0 saturated heterocycles. The van der Waals surface area contributed by atoms with Crippen molar-refractivity contribution in [3.63, 3.8) is 0 Å². The van der Waals surface area contributed by atoms with E-state index in [1.54, 1.807) is 7.11 Å². The van der Waals surface area contributed by atoms with Crippen molar-refractivity contribution >= 4 is 11.6 Å². The average molecular weight is 281 g/mol. The standard InChI is InChI=1S/C17H25ClO/c1-12(2)14-7-8-17(18)15(11-14)9-13-5-4-6-16(10-13)19-3/h4-6,10,12,14-15,17H,7-9,11H2,1-3H3. The second-order valence-electron chi connectivity index (χ2n) is 6.15. The van der Waals surface area contributed by atoms with E-state index in [4.69, 9.17) is 16.3 Å². The Labute approximate surface area is 122 Å². The molecule has 0 amide bonds. The Morgan fingerprint density at radius 1 is 1.32 bits per heavy atom. The van der Waals surface area contributed by atoms with Gasteiger partial charge in [0.15, 0.2) is 0 Å². The minimum atomic E-state index is 0.334. The second kappa shape index (κ2) is 6.65. The summed E-state index contributed by atoms with van der Waals surface area (Å²) in [6.07, 6.45) is 4.80. The number of alkyl halides is 1. The first-order valence-electron chi connectivity index (χ1n) is 7.37. The highest BCUT2D eigenvalue weighted by atomic mass is 35.5. The fourth-order valence-electron chi connectivity index (χ4n) is 3.18. The molecule has 1 saturated carbocycles. The molecule has 1 aliphatic rings. The van der Waals surface area contributed by atoms with E-state index in [1.165, 1.54) is 24.8 Å². The lowest BCUT2D eigenvalue weighted by Crippen LogP contribution is -2.29. The average Bonchev–Trinajstić information content (AvgIpc) is 2.41. The van der Waals surface area contributed by atoms with Crippen LogP contribution in [0.4, 0.5) is 0 Å². The minimum Gasteiger partial charge on any atom is -0.497 e. The molecule has 3 unspecified atom stereocenters. The third-order valence-corrected chi connectivity index (χ3v) is 5.08. The maximum absolute atomic E-state index is 6.54. The molecule has 1 aromatic carbocycles. The van der Waals surface area contributed by atoms with E-state index in [2.05, 4.69) is 32.0 Å². The SMILES string of the molecule is COc1cccc(CC2CC(C(C)C)CCC2Cl)c1. The largest absolute Gasteiger partial charge is 0.497 e. The van der Waals surface area contributed by atoms with Gasteiger partial charge in [-0.3, -0.25) is 0 Å². The molecule has 0 aromatic heterocycles. The normalized spacial score (nSPS) is 27.5. The van der Waals surface area contributed by atoms with Gasteiger partial charge in [0.2, 0.25) is 0 Å². The molecule has 1 aromatic rings. The zero-order chi connectivity index (χ0) is 13.8. The topological polar surface area (TPSA) is 9.23 Å². The van der Waals surface area contributed by atoms with Crippen LogP contribution in [0.15, 0.2) is 24.3 Å². The zero-order valence-electron chi connectivity index (χ0n) is 12.2. The summed E-state index contributed by atoms with van der Waals surface area (Å²) < 4.78 is 5.30. The number of hydrogen-bond acceptors (Lipinski definition) is 1. The number of hydrogen-bond donors (Lipinski definition) is 0. The van der Waals surface area contributed by atoms with Crippen LogP contribution in [-0.4, -0.2) is 12.5 Å². The van der Waals surface area contributed by atoms with Crippen molar-refractivity contribution in [3.8, 4) is 5.75 Å². The van der Waals surface area contributed by atoms with Gasteiger partial charge in [0, 0.05) is 5.38 Å². The van der Waals surface area contributed by atoms with Crippen LogP contribution in [0.25, 0.3) is 0 Å². The molecule has 1 nitrogen and oxygen atoms in total. The Kier molecular flexibility index (Phi) is 5.15. The van der Waals surface area contributed by atoms with Crippen molar-refractivity contribution in [1.29, 1.82) is 0 Å². The van der Waals surface area contributed by atoms with Crippen molar-refractivity contribution in [2.45, 2.75) is 44.9 Å². The smallest absolute Gasteiger partial charge is 0.119 e. The van der Waals surface area contributed by atoms with Crippen LogP contribution in [0.1, 0.15) is 38.7 Å². The molecular formula is C17H25ClO. The first-order chi connectivity index (χ1) is 9.10. The molecule has 0 aliphatic heterocycles.